The second kappa shape index (κ2) is 5.35. The first-order valence-corrected chi connectivity index (χ1v) is 7.28. The Kier molecular flexibility index (Phi) is 4.09. The molecule has 0 unspecified atom stereocenters. The van der Waals surface area contributed by atoms with E-state index < -0.39 is 0 Å². The van der Waals surface area contributed by atoms with E-state index in [0.717, 1.165) is 15.4 Å². The van der Waals surface area contributed by atoms with Gasteiger partial charge in [0.1, 0.15) is 5.03 Å². The van der Waals surface area contributed by atoms with Gasteiger partial charge >= 0.3 is 0 Å². The van der Waals surface area contributed by atoms with E-state index in [4.69, 9.17) is 0 Å². The van der Waals surface area contributed by atoms with Crippen molar-refractivity contribution in [1.82, 2.24) is 4.98 Å². The van der Waals surface area contributed by atoms with Gasteiger partial charge in [-0.1, -0.05) is 12.8 Å². The van der Waals surface area contributed by atoms with Crippen LogP contribution >= 0.6 is 27.7 Å². The molecule has 15 heavy (non-hydrogen) atoms. The highest BCUT2D eigenvalue weighted by atomic mass is 79.9. The summed E-state index contributed by atoms with van der Waals surface area (Å²) in [7, 11) is 0. The predicted molar refractivity (Wildman–Crippen MR) is 69.4 cm³/mol. The van der Waals surface area contributed by atoms with E-state index in [2.05, 4.69) is 33.9 Å². The van der Waals surface area contributed by atoms with Gasteiger partial charge < -0.3 is 0 Å². The Labute approximate surface area is 104 Å². The summed E-state index contributed by atoms with van der Waals surface area (Å²) in [6.07, 6.45) is 7.62. The number of hydrogen-bond donors (Lipinski definition) is 0. The summed E-state index contributed by atoms with van der Waals surface area (Å²) in [4.78, 5) is 4.45. The van der Waals surface area contributed by atoms with Gasteiger partial charge in [-0.05, 0) is 53.2 Å². The van der Waals surface area contributed by atoms with Crippen molar-refractivity contribution in [2.75, 3.05) is 5.75 Å². The second-order valence-corrected chi connectivity index (χ2v) is 6.12. The molecule has 0 aromatic carbocycles. The van der Waals surface area contributed by atoms with Crippen molar-refractivity contribution in [3.63, 3.8) is 0 Å². The van der Waals surface area contributed by atoms with Gasteiger partial charge in [0, 0.05) is 11.9 Å². The molecule has 1 nitrogen and oxygen atoms in total. The van der Waals surface area contributed by atoms with Crippen LogP contribution in [-0.2, 0) is 0 Å². The molecule has 1 saturated carbocycles. The number of pyridine rings is 1. The lowest BCUT2D eigenvalue weighted by atomic mass is 10.1. The van der Waals surface area contributed by atoms with Crippen LogP contribution < -0.4 is 0 Å². The van der Waals surface area contributed by atoms with Crippen molar-refractivity contribution in [2.24, 2.45) is 5.92 Å². The van der Waals surface area contributed by atoms with Gasteiger partial charge in [0.05, 0.1) is 4.47 Å². The van der Waals surface area contributed by atoms with E-state index in [1.165, 1.54) is 37.0 Å². The zero-order valence-corrected chi connectivity index (χ0v) is 11.4. The fourth-order valence-corrected chi connectivity index (χ4v) is 3.86. The number of aromatic nitrogens is 1. The number of hydrogen-bond acceptors (Lipinski definition) is 2. The summed E-state index contributed by atoms with van der Waals surface area (Å²) in [5.41, 5.74) is 1.21. The zero-order valence-electron chi connectivity index (χ0n) is 9.00. The Morgan fingerprint density at radius 2 is 2.20 bits per heavy atom. The molecule has 82 valence electrons. The second-order valence-electron chi connectivity index (χ2n) is 4.26. The molecule has 2 rings (SSSR count). The van der Waals surface area contributed by atoms with Crippen LogP contribution in [0.15, 0.2) is 21.8 Å². The minimum atomic E-state index is 0.921. The van der Waals surface area contributed by atoms with Crippen LogP contribution in [0.2, 0.25) is 0 Å². The van der Waals surface area contributed by atoms with Crippen molar-refractivity contribution in [3.05, 3.63) is 22.3 Å². The number of nitrogens with zero attached hydrogens (tertiary/aromatic N) is 1. The van der Waals surface area contributed by atoms with Gasteiger partial charge in [-0.15, -0.1) is 11.8 Å². The summed E-state index contributed by atoms with van der Waals surface area (Å²) in [5, 5.41) is 1.15. The van der Waals surface area contributed by atoms with Crippen molar-refractivity contribution in [3.8, 4) is 0 Å². The molecule has 1 aliphatic carbocycles. The smallest absolute Gasteiger partial charge is 0.110 e. The monoisotopic (exact) mass is 285 g/mol. The topological polar surface area (TPSA) is 12.9 Å². The van der Waals surface area contributed by atoms with Crippen LogP contribution in [-0.4, -0.2) is 10.7 Å². The van der Waals surface area contributed by atoms with Crippen LogP contribution in [0.1, 0.15) is 31.2 Å². The third-order valence-electron chi connectivity index (χ3n) is 2.87. The average Bonchev–Trinajstić information content (AvgIpc) is 2.69. The molecule has 0 spiro atoms. The molecular formula is C12H16BrNS. The zero-order chi connectivity index (χ0) is 10.7. The molecule has 0 atom stereocenters. The Hall–Kier alpha value is -0.0200. The van der Waals surface area contributed by atoms with Crippen LogP contribution in [0, 0.1) is 12.8 Å². The summed E-state index contributed by atoms with van der Waals surface area (Å²) < 4.78 is 1.14. The molecule has 0 aliphatic heterocycles. The van der Waals surface area contributed by atoms with E-state index in [-0.39, 0.29) is 0 Å². The van der Waals surface area contributed by atoms with Gasteiger partial charge in [0.2, 0.25) is 0 Å². The standard InChI is InChI=1S/C12H16BrNS/c1-9-6-11(13)12(14-7-9)15-8-10-4-2-3-5-10/h6-7,10H,2-5,8H2,1H3. The highest BCUT2D eigenvalue weighted by molar-refractivity contribution is 9.10. The van der Waals surface area contributed by atoms with Gasteiger partial charge in [-0.3, -0.25) is 0 Å². The molecule has 0 radical (unpaired) electrons. The molecule has 1 aromatic heterocycles. The maximum atomic E-state index is 4.45. The molecule has 1 fully saturated rings. The highest BCUT2D eigenvalue weighted by Crippen LogP contribution is 2.33. The van der Waals surface area contributed by atoms with E-state index in [1.54, 1.807) is 0 Å². The van der Waals surface area contributed by atoms with Crippen LogP contribution in [0.4, 0.5) is 0 Å². The first-order valence-electron chi connectivity index (χ1n) is 5.50. The van der Waals surface area contributed by atoms with E-state index in [1.807, 2.05) is 18.0 Å². The molecule has 0 saturated heterocycles. The summed E-state index contributed by atoms with van der Waals surface area (Å²) in [6.45, 7) is 2.07. The summed E-state index contributed by atoms with van der Waals surface area (Å²) in [5.74, 6) is 2.15. The normalized spacial score (nSPS) is 17.2. The SMILES string of the molecule is Cc1cnc(SCC2CCCC2)c(Br)c1. The molecule has 0 bridgehead atoms. The Morgan fingerprint density at radius 1 is 1.47 bits per heavy atom. The fraction of sp³-hybridized carbons (Fsp3) is 0.583. The first kappa shape index (κ1) is 11.5. The van der Waals surface area contributed by atoms with Crippen LogP contribution in [0.25, 0.3) is 0 Å². The van der Waals surface area contributed by atoms with Crippen molar-refractivity contribution >= 4 is 27.7 Å². The third kappa shape index (κ3) is 3.22. The predicted octanol–water partition coefficient (Wildman–Crippen LogP) is 4.43. The van der Waals surface area contributed by atoms with Crippen molar-refractivity contribution < 1.29 is 0 Å². The Balaban J connectivity index is 1.92. The number of halogens is 1. The third-order valence-corrected chi connectivity index (χ3v) is 4.98. The van der Waals surface area contributed by atoms with E-state index in [0.29, 0.717) is 0 Å². The first-order chi connectivity index (χ1) is 7.25. The average molecular weight is 286 g/mol. The van der Waals surface area contributed by atoms with Gasteiger partial charge in [-0.25, -0.2) is 4.98 Å². The van der Waals surface area contributed by atoms with Crippen LogP contribution in [0.5, 0.6) is 0 Å². The van der Waals surface area contributed by atoms with Gasteiger partial charge in [0.15, 0.2) is 0 Å². The minimum Gasteiger partial charge on any atom is -0.248 e. The maximum absolute atomic E-state index is 4.45. The van der Waals surface area contributed by atoms with Crippen molar-refractivity contribution in [2.45, 2.75) is 37.6 Å². The molecular weight excluding hydrogens is 270 g/mol. The molecule has 1 aliphatic rings. The van der Waals surface area contributed by atoms with Gasteiger partial charge in [-0.2, -0.15) is 0 Å². The molecule has 0 amide bonds. The molecule has 1 heterocycles. The Bertz CT molecular complexity index is 334. The lowest BCUT2D eigenvalue weighted by molar-refractivity contribution is 0.623. The van der Waals surface area contributed by atoms with Crippen molar-refractivity contribution in [1.29, 1.82) is 0 Å². The highest BCUT2D eigenvalue weighted by Gasteiger charge is 2.15. The molecule has 1 aromatic rings. The number of thioether (sulfide) groups is 1. The minimum absolute atomic E-state index is 0.921. The number of aryl methyl sites for hydroxylation is 1. The summed E-state index contributed by atoms with van der Waals surface area (Å²) in [6, 6.07) is 2.14. The largest absolute Gasteiger partial charge is 0.248 e. The van der Waals surface area contributed by atoms with Crippen LogP contribution in [0.3, 0.4) is 0 Å². The molecule has 3 heteroatoms. The van der Waals surface area contributed by atoms with E-state index in [9.17, 15) is 0 Å². The fourth-order valence-electron chi connectivity index (χ4n) is 2.00. The lowest BCUT2D eigenvalue weighted by Crippen LogP contribution is -1.97. The lowest BCUT2D eigenvalue weighted by Gasteiger charge is -2.08. The summed E-state index contributed by atoms with van der Waals surface area (Å²) >= 11 is 5.47. The van der Waals surface area contributed by atoms with E-state index >= 15 is 0 Å². The van der Waals surface area contributed by atoms with Gasteiger partial charge in [0.25, 0.3) is 0 Å². The Morgan fingerprint density at radius 3 is 2.87 bits per heavy atom. The number of rotatable bonds is 3. The maximum Gasteiger partial charge on any atom is 0.110 e. The molecule has 0 N–H and O–H groups in total. The quantitative estimate of drug-likeness (QED) is 0.762.